The summed E-state index contributed by atoms with van der Waals surface area (Å²) in [5.41, 5.74) is 0.265. The molecule has 1 radical (unpaired) electrons. The van der Waals surface area contributed by atoms with Crippen LogP contribution in [-0.2, 0) is 0 Å². The molecule has 2 fully saturated rings. The van der Waals surface area contributed by atoms with Gasteiger partial charge >= 0.3 is 0 Å². The third kappa shape index (κ3) is 3.65. The number of rotatable bonds is 1. The van der Waals surface area contributed by atoms with Gasteiger partial charge in [-0.25, -0.2) is 8.78 Å². The summed E-state index contributed by atoms with van der Waals surface area (Å²) < 4.78 is 27.5. The van der Waals surface area contributed by atoms with Gasteiger partial charge in [0.2, 0.25) is 0 Å². The van der Waals surface area contributed by atoms with Crippen LogP contribution in [0.15, 0.2) is 12.1 Å². The summed E-state index contributed by atoms with van der Waals surface area (Å²) in [6.45, 7) is 0. The Bertz CT molecular complexity index is 529. The van der Waals surface area contributed by atoms with E-state index in [0.29, 0.717) is 5.92 Å². The Labute approximate surface area is 158 Å². The van der Waals surface area contributed by atoms with Crippen LogP contribution < -0.4 is 0 Å². The first-order valence-corrected chi connectivity index (χ1v) is 7.39. The van der Waals surface area contributed by atoms with Gasteiger partial charge in [-0.05, 0) is 42.4 Å². The second-order valence-electron chi connectivity index (χ2n) is 6.10. The van der Waals surface area contributed by atoms with Crippen LogP contribution in [-0.4, -0.2) is 0 Å². The molecule has 4 heteroatoms. The molecule has 3 unspecified atom stereocenters. The van der Waals surface area contributed by atoms with Crippen molar-refractivity contribution in [3.05, 3.63) is 41.3 Å². The smallest absolute Gasteiger partial charge is 0.144 e. The molecule has 0 N–H and O–H groups in total. The van der Waals surface area contributed by atoms with E-state index < -0.39 is 17.2 Å². The van der Waals surface area contributed by atoms with Crippen LogP contribution >= 0.6 is 0 Å². The Morgan fingerprint density at radius 1 is 1.10 bits per heavy atom. The summed E-state index contributed by atoms with van der Waals surface area (Å²) in [5, 5.41) is 8.72. The Balaban J connectivity index is 0.00000161. The van der Waals surface area contributed by atoms with Crippen molar-refractivity contribution in [2.45, 2.75) is 44.4 Å². The number of fused-ring (bicyclic) bond motifs is 1. The van der Waals surface area contributed by atoms with E-state index in [0.717, 1.165) is 30.7 Å². The Morgan fingerprint density at radius 2 is 1.81 bits per heavy atom. The molecule has 0 saturated heterocycles. The molecule has 0 aromatic heterocycles. The third-order valence-corrected chi connectivity index (χ3v) is 5.00. The molecule has 3 atom stereocenters. The minimum Gasteiger partial charge on any atom is -0.328 e. The van der Waals surface area contributed by atoms with Crippen molar-refractivity contribution >= 4 is 0 Å². The van der Waals surface area contributed by atoms with Crippen molar-refractivity contribution in [1.82, 2.24) is 0 Å². The second kappa shape index (κ2) is 7.47. The molecule has 2 aliphatic rings. The topological polar surface area (TPSA) is 23.8 Å². The van der Waals surface area contributed by atoms with Gasteiger partial charge in [-0.3, -0.25) is 0 Å². The van der Waals surface area contributed by atoms with Gasteiger partial charge in [0.05, 0.1) is 0 Å². The number of nitriles is 1. The summed E-state index contributed by atoms with van der Waals surface area (Å²) in [5.74, 6) is 0.267. The third-order valence-electron chi connectivity index (χ3n) is 5.00. The molecular weight excluding hydrogens is 397 g/mol. The number of nitrogens with zero attached hydrogens (tertiary/aromatic N) is 1. The molecular formula is C17H18F2NPr-. The van der Waals surface area contributed by atoms with Crippen LogP contribution in [0.5, 0.6) is 0 Å². The molecule has 0 spiro atoms. The fraction of sp³-hybridized carbons (Fsp3) is 0.529. The molecule has 0 heterocycles. The number of halogens is 2. The molecule has 21 heavy (non-hydrogen) atoms. The Morgan fingerprint density at radius 3 is 2.48 bits per heavy atom. The first kappa shape index (κ1) is 17.3. The fourth-order valence-electron chi connectivity index (χ4n) is 3.89. The molecule has 0 bridgehead atoms. The molecule has 2 aliphatic carbocycles. The predicted octanol–water partition coefficient (Wildman–Crippen LogP) is 4.72. The molecule has 1 aromatic carbocycles. The van der Waals surface area contributed by atoms with Crippen molar-refractivity contribution in [2.75, 3.05) is 0 Å². The van der Waals surface area contributed by atoms with Crippen molar-refractivity contribution in [3.63, 3.8) is 0 Å². The standard InChI is InChI=1S/C17H18F2N.Pr/c18-16-8-14(9-17(19)15(16)10-20)13-6-5-11-3-1-2-4-12(11)7-13;/h1,8-9,11-13H,2-7H2;/q-1;. The van der Waals surface area contributed by atoms with Crippen LogP contribution in [0.1, 0.15) is 55.6 Å². The van der Waals surface area contributed by atoms with Gasteiger partial charge in [0.1, 0.15) is 23.3 Å². The summed E-state index contributed by atoms with van der Waals surface area (Å²) in [4.78, 5) is 0. The fourth-order valence-corrected chi connectivity index (χ4v) is 3.89. The van der Waals surface area contributed by atoms with E-state index in [-0.39, 0.29) is 47.2 Å². The van der Waals surface area contributed by atoms with Gasteiger partial charge in [-0.2, -0.15) is 18.1 Å². The van der Waals surface area contributed by atoms with Crippen molar-refractivity contribution in [3.8, 4) is 6.07 Å². The SMILES string of the molecule is N#Cc1c(F)cc(C2CCC3C[CH-]CCC3C2)cc1F.[Pr]. The summed E-state index contributed by atoms with van der Waals surface area (Å²) >= 11 is 0. The zero-order chi connectivity index (χ0) is 14.1. The Hall–Kier alpha value is -0.0664. The average molecular weight is 415 g/mol. The van der Waals surface area contributed by atoms with E-state index >= 15 is 0 Å². The minimum absolute atomic E-state index is 0. The van der Waals surface area contributed by atoms with Crippen LogP contribution in [0.2, 0.25) is 0 Å². The van der Waals surface area contributed by atoms with E-state index in [9.17, 15) is 8.78 Å². The molecule has 0 amide bonds. The van der Waals surface area contributed by atoms with Crippen LogP contribution in [0.25, 0.3) is 0 Å². The van der Waals surface area contributed by atoms with Crippen LogP contribution in [0.3, 0.4) is 0 Å². The van der Waals surface area contributed by atoms with E-state index in [1.54, 1.807) is 6.07 Å². The quantitative estimate of drug-likeness (QED) is 0.609. The van der Waals surface area contributed by atoms with Gasteiger partial charge in [-0.15, -0.1) is 0 Å². The summed E-state index contributed by atoms with van der Waals surface area (Å²) in [6.07, 6.45) is 9.14. The van der Waals surface area contributed by atoms with Crippen molar-refractivity contribution < 1.29 is 50.1 Å². The normalized spacial score (nSPS) is 28.1. The zero-order valence-corrected chi connectivity index (χ0v) is 15.7. The van der Waals surface area contributed by atoms with E-state index in [2.05, 4.69) is 6.42 Å². The number of hydrogen-bond acceptors (Lipinski definition) is 1. The number of hydrogen-bond donors (Lipinski definition) is 0. The van der Waals surface area contributed by atoms with Gasteiger partial charge in [0, 0.05) is 41.3 Å². The Kier molecular flexibility index (Phi) is 6.15. The maximum Gasteiger partial charge on any atom is 0.144 e. The van der Waals surface area contributed by atoms with E-state index in [4.69, 9.17) is 5.26 Å². The monoisotopic (exact) mass is 415 g/mol. The van der Waals surface area contributed by atoms with Gasteiger partial charge in [-0.1, -0.05) is 18.8 Å². The molecule has 0 aliphatic heterocycles. The van der Waals surface area contributed by atoms with E-state index in [1.807, 2.05) is 0 Å². The first-order chi connectivity index (χ1) is 9.69. The molecule has 109 valence electrons. The second-order valence-corrected chi connectivity index (χ2v) is 6.10. The average Bonchev–Trinajstić information content (AvgIpc) is 2.46. The van der Waals surface area contributed by atoms with Crippen LogP contribution in [0.4, 0.5) is 8.78 Å². The molecule has 1 aromatic rings. The molecule has 3 rings (SSSR count). The summed E-state index contributed by atoms with van der Waals surface area (Å²) in [7, 11) is 0. The van der Waals surface area contributed by atoms with Crippen molar-refractivity contribution in [1.29, 1.82) is 5.26 Å². The zero-order valence-electron chi connectivity index (χ0n) is 12.0. The van der Waals surface area contributed by atoms with Gasteiger partial charge in [0.25, 0.3) is 0 Å². The minimum atomic E-state index is -0.721. The molecule has 2 saturated carbocycles. The maximum absolute atomic E-state index is 13.7. The number of benzene rings is 1. The largest absolute Gasteiger partial charge is 0.328 e. The van der Waals surface area contributed by atoms with Gasteiger partial charge in [0.15, 0.2) is 0 Å². The maximum atomic E-state index is 13.7. The van der Waals surface area contributed by atoms with E-state index in [1.165, 1.54) is 31.4 Å². The first-order valence-electron chi connectivity index (χ1n) is 7.39. The predicted molar refractivity (Wildman–Crippen MR) is 72.8 cm³/mol. The van der Waals surface area contributed by atoms with Crippen molar-refractivity contribution in [2.24, 2.45) is 11.8 Å². The molecule has 1 nitrogen and oxygen atoms in total. The van der Waals surface area contributed by atoms with Gasteiger partial charge < -0.3 is 6.42 Å². The van der Waals surface area contributed by atoms with Crippen LogP contribution in [0, 0.1) is 82.5 Å². The summed E-state index contributed by atoms with van der Waals surface area (Å²) in [6, 6.07) is 4.31.